The molecule has 0 aliphatic carbocycles. The van der Waals surface area contributed by atoms with Gasteiger partial charge in [-0.05, 0) is 43.3 Å². The number of aromatic nitrogens is 2. The predicted molar refractivity (Wildman–Crippen MR) is 88.2 cm³/mol. The van der Waals surface area contributed by atoms with Crippen molar-refractivity contribution in [2.24, 2.45) is 0 Å². The first-order chi connectivity index (χ1) is 11.1. The molecule has 5 nitrogen and oxygen atoms in total. The third kappa shape index (κ3) is 3.83. The molecule has 0 aliphatic heterocycles. The first-order valence-corrected chi connectivity index (χ1v) is 7.38. The zero-order chi connectivity index (χ0) is 16.8. The molecular formula is C18H18N2O3. The Labute approximate surface area is 134 Å². The van der Waals surface area contributed by atoms with Gasteiger partial charge in [0.05, 0.1) is 5.56 Å². The maximum Gasteiger partial charge on any atom is 0.335 e. The van der Waals surface area contributed by atoms with E-state index in [-0.39, 0.29) is 5.56 Å². The average molecular weight is 310 g/mol. The molecule has 0 saturated carbocycles. The van der Waals surface area contributed by atoms with E-state index in [9.17, 15) is 4.79 Å². The second kappa shape index (κ2) is 7.35. The van der Waals surface area contributed by atoms with Gasteiger partial charge in [-0.25, -0.2) is 4.79 Å². The van der Waals surface area contributed by atoms with Gasteiger partial charge >= 0.3 is 5.97 Å². The molecule has 3 aromatic rings. The fourth-order valence-electron chi connectivity index (χ4n) is 1.91. The molecule has 1 heterocycles. The van der Waals surface area contributed by atoms with Gasteiger partial charge in [-0.15, -0.1) is 10.2 Å². The number of carboxylic acid groups (broad SMARTS) is 1. The second-order valence-corrected chi connectivity index (χ2v) is 4.66. The van der Waals surface area contributed by atoms with Crippen LogP contribution in [0.2, 0.25) is 0 Å². The predicted octanol–water partition coefficient (Wildman–Crippen LogP) is 4.44. The third-order valence-corrected chi connectivity index (χ3v) is 3.10. The molecule has 1 aromatic heterocycles. The van der Waals surface area contributed by atoms with Crippen molar-refractivity contribution in [3.05, 3.63) is 59.7 Å². The molecule has 23 heavy (non-hydrogen) atoms. The van der Waals surface area contributed by atoms with Gasteiger partial charge in [-0.2, -0.15) is 0 Å². The average Bonchev–Trinajstić information content (AvgIpc) is 3.07. The fraction of sp³-hybridized carbons (Fsp3) is 0.167. The lowest BCUT2D eigenvalue weighted by molar-refractivity contribution is 0.0697. The summed E-state index contributed by atoms with van der Waals surface area (Å²) in [6, 6.07) is 14.1. The van der Waals surface area contributed by atoms with E-state index >= 15 is 0 Å². The summed E-state index contributed by atoms with van der Waals surface area (Å²) in [6.45, 7) is 6.01. The van der Waals surface area contributed by atoms with Gasteiger partial charge in [-0.3, -0.25) is 0 Å². The highest BCUT2D eigenvalue weighted by Crippen LogP contribution is 2.24. The number of aromatic carboxylic acids is 1. The molecule has 0 bridgehead atoms. The van der Waals surface area contributed by atoms with Gasteiger partial charge in [0.25, 0.3) is 0 Å². The van der Waals surface area contributed by atoms with E-state index in [1.54, 1.807) is 12.1 Å². The highest BCUT2D eigenvalue weighted by Gasteiger charge is 2.11. The molecule has 118 valence electrons. The quantitative estimate of drug-likeness (QED) is 0.774. The minimum atomic E-state index is -0.965. The molecule has 3 rings (SSSR count). The lowest BCUT2D eigenvalue weighted by Gasteiger charge is -1.97. The van der Waals surface area contributed by atoms with Crippen molar-refractivity contribution in [2.45, 2.75) is 20.8 Å². The number of carbonyl (C=O) groups is 1. The molecule has 0 amide bonds. The van der Waals surface area contributed by atoms with Gasteiger partial charge in [0.1, 0.15) is 0 Å². The van der Waals surface area contributed by atoms with Crippen molar-refractivity contribution in [1.29, 1.82) is 0 Å². The Hall–Kier alpha value is -2.95. The van der Waals surface area contributed by atoms with Crippen molar-refractivity contribution in [2.75, 3.05) is 0 Å². The van der Waals surface area contributed by atoms with Crippen LogP contribution >= 0.6 is 0 Å². The lowest BCUT2D eigenvalue weighted by Crippen LogP contribution is -1.94. The highest BCUT2D eigenvalue weighted by atomic mass is 16.4. The largest absolute Gasteiger partial charge is 0.478 e. The van der Waals surface area contributed by atoms with Crippen LogP contribution in [0.5, 0.6) is 0 Å². The Balaban J connectivity index is 0.000000924. The molecular weight excluding hydrogens is 292 g/mol. The maximum absolute atomic E-state index is 10.8. The Bertz CT molecular complexity index is 775. The van der Waals surface area contributed by atoms with E-state index in [0.717, 1.165) is 11.1 Å². The molecule has 5 heteroatoms. The fourth-order valence-corrected chi connectivity index (χ4v) is 1.91. The van der Waals surface area contributed by atoms with E-state index in [4.69, 9.17) is 9.52 Å². The minimum absolute atomic E-state index is 0.219. The van der Waals surface area contributed by atoms with Gasteiger partial charge in [0, 0.05) is 11.1 Å². The van der Waals surface area contributed by atoms with E-state index in [1.165, 1.54) is 12.1 Å². The standard InChI is InChI=1S/C16H12N2O3.C2H6/c1-10-2-4-11(5-3-10)14-17-18-15(21-14)12-6-8-13(9-7-12)16(19)20;1-2/h2-9H,1H3,(H,19,20);1-2H3. The van der Waals surface area contributed by atoms with Crippen LogP contribution in [0.1, 0.15) is 29.8 Å². The number of rotatable bonds is 3. The monoisotopic (exact) mass is 310 g/mol. The number of carboxylic acids is 1. The molecule has 0 fully saturated rings. The normalized spacial score (nSPS) is 9.87. The summed E-state index contributed by atoms with van der Waals surface area (Å²) in [7, 11) is 0. The summed E-state index contributed by atoms with van der Waals surface area (Å²) in [5.74, 6) is -0.165. The second-order valence-electron chi connectivity index (χ2n) is 4.66. The van der Waals surface area contributed by atoms with Crippen molar-refractivity contribution >= 4 is 5.97 Å². The van der Waals surface area contributed by atoms with E-state index in [1.807, 2.05) is 45.0 Å². The number of hydrogen-bond acceptors (Lipinski definition) is 4. The first-order valence-electron chi connectivity index (χ1n) is 7.38. The summed E-state index contributed by atoms with van der Waals surface area (Å²) < 4.78 is 5.63. The maximum atomic E-state index is 10.8. The number of benzene rings is 2. The van der Waals surface area contributed by atoms with E-state index < -0.39 is 5.97 Å². The highest BCUT2D eigenvalue weighted by molar-refractivity contribution is 5.88. The van der Waals surface area contributed by atoms with Crippen LogP contribution < -0.4 is 0 Å². The summed E-state index contributed by atoms with van der Waals surface area (Å²) >= 11 is 0. The zero-order valence-electron chi connectivity index (χ0n) is 13.3. The summed E-state index contributed by atoms with van der Waals surface area (Å²) in [6.07, 6.45) is 0. The molecule has 0 unspecified atom stereocenters. The third-order valence-electron chi connectivity index (χ3n) is 3.10. The minimum Gasteiger partial charge on any atom is -0.478 e. The molecule has 2 aromatic carbocycles. The van der Waals surface area contributed by atoms with Crippen LogP contribution in [0, 0.1) is 6.92 Å². The van der Waals surface area contributed by atoms with Crippen molar-refractivity contribution in [1.82, 2.24) is 10.2 Å². The van der Waals surface area contributed by atoms with E-state index in [2.05, 4.69) is 10.2 Å². The molecule has 0 radical (unpaired) electrons. The van der Waals surface area contributed by atoms with Crippen molar-refractivity contribution in [3.63, 3.8) is 0 Å². The Morgan fingerprint density at radius 1 is 0.870 bits per heavy atom. The molecule has 0 saturated heterocycles. The van der Waals surface area contributed by atoms with Crippen LogP contribution in [0.15, 0.2) is 52.9 Å². The molecule has 0 spiro atoms. The first kappa shape index (κ1) is 16.4. The molecule has 0 aliphatic rings. The smallest absolute Gasteiger partial charge is 0.335 e. The van der Waals surface area contributed by atoms with Crippen LogP contribution in [-0.4, -0.2) is 21.3 Å². The topological polar surface area (TPSA) is 76.2 Å². The van der Waals surface area contributed by atoms with Crippen LogP contribution in [0.25, 0.3) is 22.9 Å². The Kier molecular flexibility index (Phi) is 5.25. The van der Waals surface area contributed by atoms with Gasteiger partial charge in [-0.1, -0.05) is 31.5 Å². The van der Waals surface area contributed by atoms with E-state index in [0.29, 0.717) is 17.3 Å². The van der Waals surface area contributed by atoms with Gasteiger partial charge < -0.3 is 9.52 Å². The van der Waals surface area contributed by atoms with Crippen molar-refractivity contribution in [3.8, 4) is 22.9 Å². The van der Waals surface area contributed by atoms with Crippen LogP contribution in [0.3, 0.4) is 0 Å². The summed E-state index contributed by atoms with van der Waals surface area (Å²) in [5.41, 5.74) is 2.91. The SMILES string of the molecule is CC.Cc1ccc(-c2nnc(-c3ccc(C(=O)O)cc3)o2)cc1. The van der Waals surface area contributed by atoms with Crippen LogP contribution in [0.4, 0.5) is 0 Å². The lowest BCUT2D eigenvalue weighted by atomic mass is 10.1. The Morgan fingerprint density at radius 3 is 1.74 bits per heavy atom. The number of aryl methyl sites for hydroxylation is 1. The Morgan fingerprint density at radius 2 is 1.30 bits per heavy atom. The van der Waals surface area contributed by atoms with Crippen molar-refractivity contribution < 1.29 is 14.3 Å². The molecule has 1 N–H and O–H groups in total. The summed E-state index contributed by atoms with van der Waals surface area (Å²) in [4.78, 5) is 10.8. The number of nitrogens with zero attached hydrogens (tertiary/aromatic N) is 2. The number of hydrogen-bond donors (Lipinski definition) is 1. The molecule has 0 atom stereocenters. The van der Waals surface area contributed by atoms with Gasteiger partial charge in [0.15, 0.2) is 0 Å². The van der Waals surface area contributed by atoms with Gasteiger partial charge in [0.2, 0.25) is 11.8 Å². The van der Waals surface area contributed by atoms with Crippen LogP contribution in [-0.2, 0) is 0 Å². The summed E-state index contributed by atoms with van der Waals surface area (Å²) in [5, 5.41) is 16.9. The zero-order valence-corrected chi connectivity index (χ0v) is 13.3.